The molecule has 0 saturated carbocycles. The molecular weight excluding hydrogens is 264 g/mol. The minimum absolute atomic E-state index is 0.0544. The molecule has 1 aliphatic heterocycles. The lowest BCUT2D eigenvalue weighted by Crippen LogP contribution is -2.33. The van der Waals surface area contributed by atoms with Crippen LogP contribution in [0.4, 0.5) is 0 Å². The number of aromatic carboxylic acids is 1. The van der Waals surface area contributed by atoms with Crippen LogP contribution in [0, 0.1) is 13.8 Å². The van der Waals surface area contributed by atoms with Gasteiger partial charge < -0.3 is 15.0 Å². The fraction of sp³-hybridized carbons (Fsp3) is 0.538. The highest BCUT2D eigenvalue weighted by atomic mass is 32.2. The lowest BCUT2D eigenvalue weighted by molar-refractivity contribution is 0.0690. The fourth-order valence-corrected chi connectivity index (χ4v) is 3.28. The third kappa shape index (κ3) is 2.78. The van der Waals surface area contributed by atoms with Crippen molar-refractivity contribution in [1.82, 2.24) is 9.88 Å². The van der Waals surface area contributed by atoms with Crippen LogP contribution in [0.3, 0.4) is 0 Å². The molecule has 1 saturated heterocycles. The number of carboxylic acids is 1. The molecule has 0 spiro atoms. The Balaban J connectivity index is 2.30. The van der Waals surface area contributed by atoms with E-state index in [-0.39, 0.29) is 11.6 Å². The number of carbonyl (C=O) groups is 2. The first-order chi connectivity index (χ1) is 9.02. The second-order valence-electron chi connectivity index (χ2n) is 4.69. The Hall–Kier alpha value is -1.43. The molecule has 19 heavy (non-hydrogen) atoms. The Morgan fingerprint density at radius 1 is 1.26 bits per heavy atom. The topological polar surface area (TPSA) is 73.4 Å². The predicted octanol–water partition coefficient (Wildman–Crippen LogP) is 1.91. The molecule has 6 heteroatoms. The first-order valence-electron chi connectivity index (χ1n) is 6.32. The molecule has 0 radical (unpaired) electrons. The van der Waals surface area contributed by atoms with Gasteiger partial charge in [0.05, 0.1) is 5.56 Å². The number of nitrogens with one attached hydrogen (secondary N) is 1. The Morgan fingerprint density at radius 2 is 2.00 bits per heavy atom. The molecule has 0 unspecified atom stereocenters. The second kappa shape index (κ2) is 5.69. The maximum atomic E-state index is 12.5. The van der Waals surface area contributed by atoms with Gasteiger partial charge in [0.25, 0.3) is 5.91 Å². The molecule has 1 amide bonds. The van der Waals surface area contributed by atoms with Gasteiger partial charge in [-0.3, -0.25) is 4.79 Å². The molecule has 1 fully saturated rings. The van der Waals surface area contributed by atoms with Crippen molar-refractivity contribution in [2.75, 3.05) is 24.6 Å². The number of carboxylic acid groups (broad SMARTS) is 1. The minimum atomic E-state index is -1.02. The number of thioether (sulfide) groups is 1. The van der Waals surface area contributed by atoms with Crippen LogP contribution < -0.4 is 0 Å². The van der Waals surface area contributed by atoms with Gasteiger partial charge in [-0.05, 0) is 31.6 Å². The van der Waals surface area contributed by atoms with E-state index >= 15 is 0 Å². The molecule has 2 heterocycles. The highest BCUT2D eigenvalue weighted by molar-refractivity contribution is 7.99. The number of hydrogen-bond donors (Lipinski definition) is 2. The van der Waals surface area contributed by atoms with Gasteiger partial charge in [-0.25, -0.2) is 4.79 Å². The molecule has 0 bridgehead atoms. The van der Waals surface area contributed by atoms with Gasteiger partial charge in [-0.15, -0.1) is 0 Å². The van der Waals surface area contributed by atoms with Crippen LogP contribution >= 0.6 is 11.8 Å². The van der Waals surface area contributed by atoms with E-state index in [0.717, 1.165) is 31.0 Å². The van der Waals surface area contributed by atoms with E-state index in [1.54, 1.807) is 13.8 Å². The summed E-state index contributed by atoms with van der Waals surface area (Å²) < 4.78 is 0. The van der Waals surface area contributed by atoms with E-state index in [4.69, 9.17) is 5.11 Å². The molecule has 2 rings (SSSR count). The minimum Gasteiger partial charge on any atom is -0.477 e. The van der Waals surface area contributed by atoms with Crippen LogP contribution in [0.25, 0.3) is 0 Å². The fourth-order valence-electron chi connectivity index (χ4n) is 2.39. The summed E-state index contributed by atoms with van der Waals surface area (Å²) in [5.41, 5.74) is 1.80. The highest BCUT2D eigenvalue weighted by Gasteiger charge is 2.25. The van der Waals surface area contributed by atoms with Crippen LogP contribution in [0.1, 0.15) is 38.5 Å². The molecule has 5 nitrogen and oxygen atoms in total. The summed E-state index contributed by atoms with van der Waals surface area (Å²) in [7, 11) is 0. The summed E-state index contributed by atoms with van der Waals surface area (Å²) >= 11 is 1.85. The quantitative estimate of drug-likeness (QED) is 0.869. The molecule has 1 aromatic rings. The van der Waals surface area contributed by atoms with Crippen molar-refractivity contribution in [3.63, 3.8) is 0 Å². The zero-order chi connectivity index (χ0) is 14.0. The van der Waals surface area contributed by atoms with Crippen LogP contribution in [0.5, 0.6) is 0 Å². The standard InChI is InChI=1S/C13H18N2O3S/c1-8-10(9(2)14-11(8)13(17)18)12(16)15-4-3-6-19-7-5-15/h14H,3-7H2,1-2H3,(H,17,18). The maximum absolute atomic E-state index is 12.5. The van der Waals surface area contributed by atoms with Crippen molar-refractivity contribution in [1.29, 1.82) is 0 Å². The maximum Gasteiger partial charge on any atom is 0.352 e. The molecule has 1 aromatic heterocycles. The van der Waals surface area contributed by atoms with Crippen LogP contribution in [-0.2, 0) is 0 Å². The summed E-state index contributed by atoms with van der Waals surface area (Å²) in [6, 6.07) is 0. The number of amides is 1. The van der Waals surface area contributed by atoms with Crippen LogP contribution in [0.2, 0.25) is 0 Å². The van der Waals surface area contributed by atoms with Crippen LogP contribution in [0.15, 0.2) is 0 Å². The van der Waals surface area contributed by atoms with Crippen molar-refractivity contribution in [2.45, 2.75) is 20.3 Å². The molecule has 0 atom stereocenters. The van der Waals surface area contributed by atoms with E-state index in [2.05, 4.69) is 4.98 Å². The first kappa shape index (κ1) is 14.0. The molecular formula is C13H18N2O3S. The largest absolute Gasteiger partial charge is 0.477 e. The smallest absolute Gasteiger partial charge is 0.352 e. The number of H-pyrrole nitrogens is 1. The molecule has 2 N–H and O–H groups in total. The van der Waals surface area contributed by atoms with Gasteiger partial charge in [0.15, 0.2) is 0 Å². The number of carbonyl (C=O) groups excluding carboxylic acids is 1. The summed E-state index contributed by atoms with van der Waals surface area (Å²) in [4.78, 5) is 28.2. The summed E-state index contributed by atoms with van der Waals surface area (Å²) in [5, 5.41) is 9.08. The Bertz CT molecular complexity index is 502. The van der Waals surface area contributed by atoms with Crippen molar-refractivity contribution >= 4 is 23.6 Å². The van der Waals surface area contributed by atoms with Gasteiger partial charge in [0, 0.05) is 24.5 Å². The number of aromatic nitrogens is 1. The van der Waals surface area contributed by atoms with E-state index in [0.29, 0.717) is 16.8 Å². The van der Waals surface area contributed by atoms with Crippen molar-refractivity contribution in [2.24, 2.45) is 0 Å². The Morgan fingerprint density at radius 3 is 2.63 bits per heavy atom. The van der Waals surface area contributed by atoms with Gasteiger partial charge in [0.2, 0.25) is 0 Å². The number of aryl methyl sites for hydroxylation is 1. The average Bonchev–Trinajstić information content (AvgIpc) is 2.58. The number of hydrogen-bond acceptors (Lipinski definition) is 3. The normalized spacial score (nSPS) is 16.2. The molecule has 0 aliphatic carbocycles. The van der Waals surface area contributed by atoms with E-state index in [1.807, 2.05) is 16.7 Å². The summed E-state index contributed by atoms with van der Waals surface area (Å²) in [5.74, 6) is 0.947. The average molecular weight is 282 g/mol. The van der Waals surface area contributed by atoms with Gasteiger partial charge in [-0.2, -0.15) is 11.8 Å². The molecule has 1 aliphatic rings. The lowest BCUT2D eigenvalue weighted by Gasteiger charge is -2.20. The molecule has 104 valence electrons. The zero-order valence-corrected chi connectivity index (χ0v) is 12.0. The van der Waals surface area contributed by atoms with Crippen LogP contribution in [-0.4, -0.2) is 51.5 Å². The SMILES string of the molecule is Cc1[nH]c(C(=O)O)c(C)c1C(=O)N1CCCSCC1. The highest BCUT2D eigenvalue weighted by Crippen LogP contribution is 2.21. The number of rotatable bonds is 2. The van der Waals surface area contributed by atoms with Crippen molar-refractivity contribution in [3.05, 3.63) is 22.5 Å². The second-order valence-corrected chi connectivity index (χ2v) is 5.91. The first-order valence-corrected chi connectivity index (χ1v) is 7.47. The van der Waals surface area contributed by atoms with Crippen molar-refractivity contribution in [3.8, 4) is 0 Å². The van der Waals surface area contributed by atoms with E-state index in [9.17, 15) is 9.59 Å². The summed E-state index contributed by atoms with van der Waals surface area (Å²) in [6.07, 6.45) is 0.991. The van der Waals surface area contributed by atoms with Gasteiger partial charge in [-0.1, -0.05) is 0 Å². The molecule has 0 aromatic carbocycles. The zero-order valence-electron chi connectivity index (χ0n) is 11.2. The third-order valence-electron chi connectivity index (χ3n) is 3.37. The lowest BCUT2D eigenvalue weighted by atomic mass is 10.1. The van der Waals surface area contributed by atoms with E-state index in [1.165, 1.54) is 0 Å². The predicted molar refractivity (Wildman–Crippen MR) is 75.1 cm³/mol. The van der Waals surface area contributed by atoms with Crippen molar-refractivity contribution < 1.29 is 14.7 Å². The third-order valence-corrected chi connectivity index (χ3v) is 4.42. The summed E-state index contributed by atoms with van der Waals surface area (Å²) in [6.45, 7) is 4.92. The Kier molecular flexibility index (Phi) is 4.19. The Labute approximate surface area is 116 Å². The van der Waals surface area contributed by atoms with Gasteiger partial charge >= 0.3 is 5.97 Å². The number of nitrogens with zero attached hydrogens (tertiary/aromatic N) is 1. The van der Waals surface area contributed by atoms with Gasteiger partial charge in [0.1, 0.15) is 5.69 Å². The monoisotopic (exact) mass is 282 g/mol. The van der Waals surface area contributed by atoms with E-state index < -0.39 is 5.97 Å². The number of aromatic amines is 1.